The lowest BCUT2D eigenvalue weighted by Crippen LogP contribution is -2.58. The maximum Gasteiger partial charge on any atom is 0.249 e. The van der Waals surface area contributed by atoms with E-state index < -0.39 is 24.1 Å². The van der Waals surface area contributed by atoms with Crippen LogP contribution >= 0.6 is 0 Å². The average Bonchev–Trinajstić information content (AvgIpc) is 2.86. The molecule has 0 aromatic heterocycles. The highest BCUT2D eigenvalue weighted by molar-refractivity contribution is 5.92. The van der Waals surface area contributed by atoms with Crippen molar-refractivity contribution < 1.29 is 34.4 Å². The number of phenols is 2. The molecule has 2 heterocycles. The van der Waals surface area contributed by atoms with Crippen molar-refractivity contribution in [2.45, 2.75) is 50.8 Å². The largest absolute Gasteiger partial charge is 0.504 e. The summed E-state index contributed by atoms with van der Waals surface area (Å²) in [5.74, 6) is -1.95. The molecule has 2 aliphatic heterocycles. The van der Waals surface area contributed by atoms with Gasteiger partial charge in [0.25, 0.3) is 0 Å². The van der Waals surface area contributed by atoms with Crippen LogP contribution in [-0.4, -0.2) is 107 Å². The molecule has 0 bridgehead atoms. The number of amides is 3. The van der Waals surface area contributed by atoms with Crippen LogP contribution in [0.1, 0.15) is 31.7 Å². The summed E-state index contributed by atoms with van der Waals surface area (Å²) in [6, 6.07) is 2.49. The number of aromatic hydroxyl groups is 2. The third-order valence-electron chi connectivity index (χ3n) is 6.42. The first-order chi connectivity index (χ1) is 16.8. The van der Waals surface area contributed by atoms with Gasteiger partial charge in [-0.2, -0.15) is 0 Å². The zero-order valence-corrected chi connectivity index (χ0v) is 20.1. The van der Waals surface area contributed by atoms with Gasteiger partial charge in [-0.15, -0.1) is 0 Å². The number of aliphatic hydroxyl groups is 1. The van der Waals surface area contributed by atoms with E-state index in [4.69, 9.17) is 4.74 Å². The Kier molecular flexibility index (Phi) is 9.70. The summed E-state index contributed by atoms with van der Waals surface area (Å²) in [5, 5.41) is 34.7. The van der Waals surface area contributed by atoms with E-state index >= 15 is 0 Å². The Morgan fingerprint density at radius 1 is 1.11 bits per heavy atom. The van der Waals surface area contributed by atoms with Crippen LogP contribution in [0.15, 0.2) is 18.2 Å². The first-order valence-electron chi connectivity index (χ1n) is 12.1. The summed E-state index contributed by atoms with van der Waals surface area (Å²) in [6.07, 6.45) is 0.623. The first kappa shape index (κ1) is 26.7. The number of nitrogens with one attached hydrogen (secondary N) is 2. The molecule has 11 nitrogen and oxygen atoms in total. The van der Waals surface area contributed by atoms with E-state index in [2.05, 4.69) is 15.5 Å². The first-order valence-corrected chi connectivity index (χ1v) is 12.1. The van der Waals surface area contributed by atoms with Gasteiger partial charge in [-0.1, -0.05) is 6.07 Å². The minimum absolute atomic E-state index is 0.0987. The number of rotatable bonds is 9. The molecule has 2 saturated heterocycles. The van der Waals surface area contributed by atoms with Crippen LogP contribution in [-0.2, 0) is 25.5 Å². The Labute approximate surface area is 205 Å². The number of likely N-dealkylation sites (tertiary alicyclic amines) is 1. The molecule has 0 aliphatic carbocycles. The van der Waals surface area contributed by atoms with Gasteiger partial charge in [0.15, 0.2) is 11.5 Å². The van der Waals surface area contributed by atoms with E-state index in [0.717, 1.165) is 32.5 Å². The summed E-state index contributed by atoms with van der Waals surface area (Å²) in [7, 11) is 0. The highest BCUT2D eigenvalue weighted by atomic mass is 16.5. The normalized spacial score (nSPS) is 20.6. The number of phenolic OH excluding ortho intramolecular Hbond substituents is 2. The van der Waals surface area contributed by atoms with Gasteiger partial charge in [0.05, 0.1) is 13.2 Å². The maximum absolute atomic E-state index is 13.1. The van der Waals surface area contributed by atoms with Crippen molar-refractivity contribution in [2.24, 2.45) is 0 Å². The number of ether oxygens (including phenoxy) is 1. The number of benzene rings is 1. The van der Waals surface area contributed by atoms with Gasteiger partial charge >= 0.3 is 0 Å². The molecule has 1 aromatic rings. The van der Waals surface area contributed by atoms with Crippen LogP contribution in [0.5, 0.6) is 11.5 Å². The fourth-order valence-corrected chi connectivity index (χ4v) is 4.38. The van der Waals surface area contributed by atoms with Gasteiger partial charge in [-0.05, 0) is 43.9 Å². The molecule has 5 N–H and O–H groups in total. The Hall–Kier alpha value is -2.89. The molecule has 3 atom stereocenters. The SMILES string of the molecule is C[C@H](NC(=O)[C@H](O)Cc1ccc(O)c(O)c1)C(=O)N1CCCC[C@H]1C(=O)NCCN1CCOCC1. The smallest absolute Gasteiger partial charge is 0.249 e. The van der Waals surface area contributed by atoms with E-state index in [1.165, 1.54) is 30.0 Å². The van der Waals surface area contributed by atoms with Crippen LogP contribution in [0, 0.1) is 0 Å². The second-order valence-electron chi connectivity index (χ2n) is 9.06. The second-order valence-corrected chi connectivity index (χ2v) is 9.06. The number of piperidine rings is 1. The van der Waals surface area contributed by atoms with Crippen LogP contribution in [0.4, 0.5) is 0 Å². The number of carbonyl (C=O) groups excluding carboxylic acids is 3. The fourth-order valence-electron chi connectivity index (χ4n) is 4.38. The molecule has 194 valence electrons. The van der Waals surface area contributed by atoms with E-state index in [1.807, 2.05) is 0 Å². The number of hydrogen-bond acceptors (Lipinski definition) is 8. The molecule has 2 fully saturated rings. The lowest BCUT2D eigenvalue weighted by atomic mass is 10.00. The molecule has 35 heavy (non-hydrogen) atoms. The zero-order valence-electron chi connectivity index (χ0n) is 20.1. The predicted octanol–water partition coefficient (Wildman–Crippen LogP) is -0.665. The Morgan fingerprint density at radius 3 is 2.57 bits per heavy atom. The molecular formula is C24H36N4O7. The topological polar surface area (TPSA) is 152 Å². The quantitative estimate of drug-likeness (QED) is 0.285. The average molecular weight is 493 g/mol. The molecule has 3 rings (SSSR count). The highest BCUT2D eigenvalue weighted by Crippen LogP contribution is 2.25. The molecule has 0 saturated carbocycles. The van der Waals surface area contributed by atoms with Crippen molar-refractivity contribution in [1.29, 1.82) is 0 Å². The molecule has 2 aliphatic rings. The summed E-state index contributed by atoms with van der Waals surface area (Å²) in [6.45, 7) is 6.21. The number of aliphatic hydroxyl groups excluding tert-OH is 1. The molecule has 0 spiro atoms. The van der Waals surface area contributed by atoms with Gasteiger partial charge in [0.1, 0.15) is 18.2 Å². The standard InChI is InChI=1S/C24H36N4O7/c1-16(26-23(33)21(31)15-17-5-6-19(29)20(30)14-17)24(34)28-8-3-2-4-18(28)22(32)25-7-9-27-10-12-35-13-11-27/h5-6,14,16,18,21,29-31H,2-4,7-13,15H2,1H3,(H,25,32)(H,26,33)/t16-,18-,21+/m0/s1. The highest BCUT2D eigenvalue weighted by Gasteiger charge is 2.35. The molecule has 11 heteroatoms. The third-order valence-corrected chi connectivity index (χ3v) is 6.42. The predicted molar refractivity (Wildman–Crippen MR) is 127 cm³/mol. The number of nitrogens with zero attached hydrogens (tertiary/aromatic N) is 2. The zero-order chi connectivity index (χ0) is 25.4. The number of carbonyl (C=O) groups is 3. The van der Waals surface area contributed by atoms with E-state index in [9.17, 15) is 29.7 Å². The van der Waals surface area contributed by atoms with Crippen molar-refractivity contribution >= 4 is 17.7 Å². The van der Waals surface area contributed by atoms with Crippen molar-refractivity contribution in [3.05, 3.63) is 23.8 Å². The summed E-state index contributed by atoms with van der Waals surface area (Å²) in [4.78, 5) is 42.2. The van der Waals surface area contributed by atoms with Gasteiger partial charge in [0, 0.05) is 39.1 Å². The van der Waals surface area contributed by atoms with Crippen molar-refractivity contribution in [1.82, 2.24) is 20.4 Å². The van der Waals surface area contributed by atoms with E-state index in [1.54, 1.807) is 0 Å². The molecular weight excluding hydrogens is 456 g/mol. The molecule has 0 unspecified atom stereocenters. The van der Waals surface area contributed by atoms with Crippen LogP contribution in [0.2, 0.25) is 0 Å². The summed E-state index contributed by atoms with van der Waals surface area (Å²) < 4.78 is 5.33. The lowest BCUT2D eigenvalue weighted by molar-refractivity contribution is -0.145. The second kappa shape index (κ2) is 12.7. The monoisotopic (exact) mass is 492 g/mol. The molecule has 0 radical (unpaired) electrons. The van der Waals surface area contributed by atoms with Crippen LogP contribution in [0.25, 0.3) is 0 Å². The van der Waals surface area contributed by atoms with Gasteiger partial charge < -0.3 is 35.6 Å². The Balaban J connectivity index is 1.50. The minimum atomic E-state index is -1.45. The van der Waals surface area contributed by atoms with Crippen LogP contribution < -0.4 is 10.6 Å². The van der Waals surface area contributed by atoms with Gasteiger partial charge in [0.2, 0.25) is 17.7 Å². The fraction of sp³-hybridized carbons (Fsp3) is 0.625. The van der Waals surface area contributed by atoms with Crippen molar-refractivity contribution in [3.63, 3.8) is 0 Å². The maximum atomic E-state index is 13.1. The van der Waals surface area contributed by atoms with E-state index in [0.29, 0.717) is 38.3 Å². The summed E-state index contributed by atoms with van der Waals surface area (Å²) >= 11 is 0. The van der Waals surface area contributed by atoms with E-state index in [-0.39, 0.29) is 29.7 Å². The van der Waals surface area contributed by atoms with Gasteiger partial charge in [-0.25, -0.2) is 0 Å². The number of morpholine rings is 1. The van der Waals surface area contributed by atoms with Crippen LogP contribution in [0.3, 0.4) is 0 Å². The van der Waals surface area contributed by atoms with Crippen molar-refractivity contribution in [2.75, 3.05) is 45.9 Å². The Bertz CT molecular complexity index is 891. The lowest BCUT2D eigenvalue weighted by Gasteiger charge is -2.36. The summed E-state index contributed by atoms with van der Waals surface area (Å²) in [5.41, 5.74) is 0.451. The third kappa shape index (κ3) is 7.55. The number of hydrogen-bond donors (Lipinski definition) is 5. The molecule has 1 aromatic carbocycles. The van der Waals surface area contributed by atoms with Gasteiger partial charge in [-0.3, -0.25) is 19.3 Å². The van der Waals surface area contributed by atoms with Crippen molar-refractivity contribution in [3.8, 4) is 11.5 Å². The minimum Gasteiger partial charge on any atom is -0.504 e. The Morgan fingerprint density at radius 2 is 1.86 bits per heavy atom. The molecule has 3 amide bonds.